The second-order valence-corrected chi connectivity index (χ2v) is 5.03. The van der Waals surface area contributed by atoms with Gasteiger partial charge in [0.05, 0.1) is 0 Å². The van der Waals surface area contributed by atoms with Gasteiger partial charge in [-0.2, -0.15) is 12.6 Å². The van der Waals surface area contributed by atoms with Gasteiger partial charge in [-0.25, -0.2) is 0 Å². The molecule has 0 N–H and O–H groups in total. The quantitative estimate of drug-likeness (QED) is 0.647. The van der Waals surface area contributed by atoms with Gasteiger partial charge in [0.1, 0.15) is 0 Å². The molecule has 0 saturated heterocycles. The summed E-state index contributed by atoms with van der Waals surface area (Å²) < 4.78 is 0. The van der Waals surface area contributed by atoms with Crippen molar-refractivity contribution in [2.75, 3.05) is 19.3 Å². The summed E-state index contributed by atoms with van der Waals surface area (Å²) in [7, 11) is 2.25. The summed E-state index contributed by atoms with van der Waals surface area (Å²) in [4.78, 5) is 2.51. The number of thiol groups is 1. The summed E-state index contributed by atoms with van der Waals surface area (Å²) in [6.45, 7) is 5.84. The lowest BCUT2D eigenvalue weighted by molar-refractivity contribution is 0.207. The molecule has 0 aromatic rings. The Labute approximate surface area is 88.3 Å². The van der Waals surface area contributed by atoms with Gasteiger partial charge in [-0.3, -0.25) is 0 Å². The zero-order valence-electron chi connectivity index (χ0n) is 9.21. The van der Waals surface area contributed by atoms with Crippen LogP contribution in [0.5, 0.6) is 0 Å². The van der Waals surface area contributed by atoms with E-state index in [0.717, 1.165) is 11.8 Å². The van der Waals surface area contributed by atoms with Gasteiger partial charge in [0.25, 0.3) is 0 Å². The van der Waals surface area contributed by atoms with E-state index in [4.69, 9.17) is 0 Å². The normalized spacial score (nSPS) is 21.9. The molecular formula is C11H23NS. The number of hydrogen-bond acceptors (Lipinski definition) is 2. The Balaban J connectivity index is 2.27. The Hall–Kier alpha value is 0.310. The van der Waals surface area contributed by atoms with Crippen molar-refractivity contribution in [2.24, 2.45) is 5.41 Å². The maximum absolute atomic E-state index is 4.43. The Morgan fingerprint density at radius 2 is 2.08 bits per heavy atom. The van der Waals surface area contributed by atoms with Gasteiger partial charge in [0, 0.05) is 12.6 Å². The topological polar surface area (TPSA) is 3.24 Å². The van der Waals surface area contributed by atoms with E-state index in [2.05, 4.69) is 38.4 Å². The molecule has 1 aliphatic rings. The van der Waals surface area contributed by atoms with E-state index >= 15 is 0 Å². The molecule has 0 aromatic carbocycles. The zero-order chi connectivity index (χ0) is 9.90. The predicted octanol–water partition coefficient (Wildman–Crippen LogP) is 2.82. The van der Waals surface area contributed by atoms with Crippen molar-refractivity contribution in [3.63, 3.8) is 0 Å². The number of rotatable bonds is 6. The maximum atomic E-state index is 4.43. The summed E-state index contributed by atoms with van der Waals surface area (Å²) in [5, 5.41) is 0. The first-order chi connectivity index (χ1) is 6.13. The Morgan fingerprint density at radius 3 is 2.46 bits per heavy atom. The van der Waals surface area contributed by atoms with Gasteiger partial charge in [-0.05, 0) is 44.4 Å². The van der Waals surface area contributed by atoms with Crippen LogP contribution in [0, 0.1) is 5.41 Å². The number of hydrogen-bond donors (Lipinski definition) is 1. The molecule has 1 saturated carbocycles. The van der Waals surface area contributed by atoms with Crippen LogP contribution in [-0.4, -0.2) is 30.3 Å². The van der Waals surface area contributed by atoms with Gasteiger partial charge >= 0.3 is 0 Å². The molecular weight excluding hydrogens is 178 g/mol. The van der Waals surface area contributed by atoms with Crippen LogP contribution >= 0.6 is 12.6 Å². The highest BCUT2D eigenvalue weighted by Crippen LogP contribution is 2.47. The Bertz CT molecular complexity index is 154. The Kier molecular flexibility index (Phi) is 4.11. The third-order valence-corrected chi connectivity index (χ3v) is 4.01. The first kappa shape index (κ1) is 11.4. The molecule has 78 valence electrons. The van der Waals surface area contributed by atoms with E-state index in [1.165, 1.54) is 32.2 Å². The summed E-state index contributed by atoms with van der Waals surface area (Å²) in [6.07, 6.45) is 5.39. The van der Waals surface area contributed by atoms with E-state index in [0.29, 0.717) is 5.41 Å². The lowest BCUT2D eigenvalue weighted by atomic mass is 10.1. The van der Waals surface area contributed by atoms with Gasteiger partial charge in [-0.15, -0.1) is 0 Å². The molecule has 1 rings (SSSR count). The highest BCUT2D eigenvalue weighted by atomic mass is 32.1. The van der Waals surface area contributed by atoms with Crippen LogP contribution in [0.15, 0.2) is 0 Å². The van der Waals surface area contributed by atoms with Crippen molar-refractivity contribution >= 4 is 12.6 Å². The highest BCUT2D eigenvalue weighted by molar-refractivity contribution is 7.80. The average Bonchev–Trinajstić information content (AvgIpc) is 2.86. The second-order valence-electron chi connectivity index (χ2n) is 4.71. The molecule has 1 aliphatic carbocycles. The third kappa shape index (κ3) is 3.17. The molecule has 0 aromatic heterocycles. The molecule has 1 fully saturated rings. The molecule has 13 heavy (non-hydrogen) atoms. The summed E-state index contributed by atoms with van der Waals surface area (Å²) >= 11 is 4.43. The van der Waals surface area contributed by atoms with Crippen LogP contribution in [0.2, 0.25) is 0 Å². The summed E-state index contributed by atoms with van der Waals surface area (Å²) in [5.41, 5.74) is 0.583. The minimum atomic E-state index is 0.583. The lowest BCUT2D eigenvalue weighted by Gasteiger charge is -2.28. The first-order valence-corrected chi connectivity index (χ1v) is 6.08. The van der Waals surface area contributed by atoms with Gasteiger partial charge in [0.15, 0.2) is 0 Å². The van der Waals surface area contributed by atoms with Crippen LogP contribution in [0.25, 0.3) is 0 Å². The van der Waals surface area contributed by atoms with Crippen molar-refractivity contribution in [3.8, 4) is 0 Å². The van der Waals surface area contributed by atoms with Crippen molar-refractivity contribution in [3.05, 3.63) is 0 Å². The standard InChI is InChI=1S/C11H23NS/c1-4-5-10(2)12(3)8-11(9-13)6-7-11/h10,13H,4-9H2,1-3H3. The summed E-state index contributed by atoms with van der Waals surface area (Å²) in [6, 6.07) is 0.738. The minimum absolute atomic E-state index is 0.583. The van der Waals surface area contributed by atoms with Crippen molar-refractivity contribution in [2.45, 2.75) is 45.6 Å². The molecule has 0 radical (unpaired) electrons. The molecule has 0 bridgehead atoms. The molecule has 1 nitrogen and oxygen atoms in total. The number of nitrogens with zero attached hydrogens (tertiary/aromatic N) is 1. The largest absolute Gasteiger partial charge is 0.303 e. The fourth-order valence-corrected chi connectivity index (χ4v) is 2.28. The zero-order valence-corrected chi connectivity index (χ0v) is 10.1. The molecule has 1 atom stereocenters. The van der Waals surface area contributed by atoms with Gasteiger partial charge in [0.2, 0.25) is 0 Å². The fourth-order valence-electron chi connectivity index (χ4n) is 1.87. The van der Waals surface area contributed by atoms with E-state index < -0.39 is 0 Å². The Morgan fingerprint density at radius 1 is 1.46 bits per heavy atom. The van der Waals surface area contributed by atoms with Crippen LogP contribution in [0.3, 0.4) is 0 Å². The maximum Gasteiger partial charge on any atom is 0.00640 e. The van der Waals surface area contributed by atoms with E-state index in [1.54, 1.807) is 0 Å². The van der Waals surface area contributed by atoms with Crippen molar-refractivity contribution in [1.29, 1.82) is 0 Å². The van der Waals surface area contributed by atoms with Crippen LogP contribution in [-0.2, 0) is 0 Å². The van der Waals surface area contributed by atoms with Crippen LogP contribution in [0.4, 0.5) is 0 Å². The van der Waals surface area contributed by atoms with E-state index in [-0.39, 0.29) is 0 Å². The van der Waals surface area contributed by atoms with Gasteiger partial charge in [-0.1, -0.05) is 13.3 Å². The van der Waals surface area contributed by atoms with Crippen LogP contribution in [0.1, 0.15) is 39.5 Å². The molecule has 0 spiro atoms. The van der Waals surface area contributed by atoms with E-state index in [1.807, 2.05) is 0 Å². The van der Waals surface area contributed by atoms with Gasteiger partial charge < -0.3 is 4.90 Å². The van der Waals surface area contributed by atoms with Crippen LogP contribution < -0.4 is 0 Å². The highest BCUT2D eigenvalue weighted by Gasteiger charge is 2.42. The molecule has 0 amide bonds. The second kappa shape index (κ2) is 4.70. The molecule has 1 unspecified atom stereocenters. The average molecular weight is 201 g/mol. The monoisotopic (exact) mass is 201 g/mol. The lowest BCUT2D eigenvalue weighted by Crippen LogP contribution is -2.34. The summed E-state index contributed by atoms with van der Waals surface area (Å²) in [5.74, 6) is 1.07. The van der Waals surface area contributed by atoms with E-state index in [9.17, 15) is 0 Å². The molecule has 0 aliphatic heterocycles. The third-order valence-electron chi connectivity index (χ3n) is 3.34. The molecule has 2 heteroatoms. The predicted molar refractivity (Wildman–Crippen MR) is 62.5 cm³/mol. The SMILES string of the molecule is CCCC(C)N(C)CC1(CS)CC1. The molecule has 0 heterocycles. The smallest absolute Gasteiger partial charge is 0.00640 e. The minimum Gasteiger partial charge on any atom is -0.303 e. The van der Waals surface area contributed by atoms with Crippen molar-refractivity contribution in [1.82, 2.24) is 4.90 Å². The fraction of sp³-hybridized carbons (Fsp3) is 1.00. The van der Waals surface area contributed by atoms with Crippen molar-refractivity contribution < 1.29 is 0 Å². The first-order valence-electron chi connectivity index (χ1n) is 5.44.